The zero-order chi connectivity index (χ0) is 22.7. The average Bonchev–Trinajstić information content (AvgIpc) is 3.43. The number of furan rings is 2. The number of rotatable bonds is 0. The van der Waals surface area contributed by atoms with Crippen molar-refractivity contribution in [1.29, 1.82) is 0 Å². The van der Waals surface area contributed by atoms with E-state index in [4.69, 9.17) is 8.83 Å². The van der Waals surface area contributed by atoms with Crippen LogP contribution in [0.5, 0.6) is 0 Å². The fourth-order valence-corrected chi connectivity index (χ4v) is 8.30. The Hall–Kier alpha value is -3.54. The van der Waals surface area contributed by atoms with Crippen molar-refractivity contribution < 1.29 is 8.83 Å². The summed E-state index contributed by atoms with van der Waals surface area (Å²) in [6.07, 6.45) is 0. The Morgan fingerprint density at radius 2 is 0.971 bits per heavy atom. The Morgan fingerprint density at radius 3 is 1.51 bits per heavy atom. The van der Waals surface area contributed by atoms with Crippen LogP contribution in [0.15, 0.2) is 119 Å². The summed E-state index contributed by atoms with van der Waals surface area (Å²) in [5, 5.41) is 4.73. The fraction of sp³-hybridized carbons (Fsp3) is 0. The molecule has 0 radical (unpaired) electrons. The van der Waals surface area contributed by atoms with Crippen LogP contribution in [0, 0.1) is 0 Å². The normalized spacial score (nSPS) is 14.0. The number of para-hydroxylation sites is 2. The minimum atomic E-state index is 0.185. The van der Waals surface area contributed by atoms with Crippen LogP contribution >= 0.6 is 23.5 Å². The molecular formula is C30H15BO2S2. The Balaban J connectivity index is 1.39. The zero-order valence-corrected chi connectivity index (χ0v) is 20.0. The van der Waals surface area contributed by atoms with Crippen LogP contribution in [0.2, 0.25) is 0 Å². The summed E-state index contributed by atoms with van der Waals surface area (Å²) in [4.78, 5) is 5.24. The first kappa shape index (κ1) is 18.8. The van der Waals surface area contributed by atoms with Crippen molar-refractivity contribution in [3.63, 3.8) is 0 Å². The zero-order valence-electron chi connectivity index (χ0n) is 18.4. The van der Waals surface area contributed by atoms with Gasteiger partial charge < -0.3 is 8.83 Å². The molecule has 0 fully saturated rings. The van der Waals surface area contributed by atoms with Gasteiger partial charge in [-0.1, -0.05) is 89.0 Å². The van der Waals surface area contributed by atoms with Crippen molar-refractivity contribution in [2.75, 3.05) is 0 Å². The monoisotopic (exact) mass is 482 g/mol. The molecule has 162 valence electrons. The number of benzene rings is 5. The van der Waals surface area contributed by atoms with Crippen LogP contribution in [0.3, 0.4) is 0 Å². The van der Waals surface area contributed by atoms with E-state index in [1.807, 2.05) is 35.7 Å². The highest BCUT2D eigenvalue weighted by Gasteiger charge is 2.39. The van der Waals surface area contributed by atoms with E-state index in [0.29, 0.717) is 0 Å². The lowest BCUT2D eigenvalue weighted by molar-refractivity contribution is 0.667. The van der Waals surface area contributed by atoms with Crippen molar-refractivity contribution in [2.45, 2.75) is 19.6 Å². The summed E-state index contributed by atoms with van der Waals surface area (Å²) in [5.41, 5.74) is 7.96. The van der Waals surface area contributed by atoms with Crippen molar-refractivity contribution >= 4 is 90.5 Å². The topological polar surface area (TPSA) is 26.3 Å². The summed E-state index contributed by atoms with van der Waals surface area (Å²) >= 11 is 3.73. The molecule has 2 nitrogen and oxygen atoms in total. The third-order valence-corrected chi connectivity index (χ3v) is 9.69. The summed E-state index contributed by atoms with van der Waals surface area (Å²) in [5.74, 6) is 0. The Morgan fingerprint density at radius 1 is 0.457 bits per heavy atom. The van der Waals surface area contributed by atoms with Crippen molar-refractivity contribution in [1.82, 2.24) is 0 Å². The highest BCUT2D eigenvalue weighted by molar-refractivity contribution is 8.01. The fourth-order valence-electron chi connectivity index (χ4n) is 5.87. The molecule has 2 aromatic heterocycles. The van der Waals surface area contributed by atoms with Crippen molar-refractivity contribution in [2.24, 2.45) is 0 Å². The lowest BCUT2D eigenvalue weighted by atomic mass is 9.36. The van der Waals surface area contributed by atoms with Crippen LogP contribution in [0.1, 0.15) is 0 Å². The Kier molecular flexibility index (Phi) is 3.52. The minimum absolute atomic E-state index is 0.185. The Bertz CT molecular complexity index is 1890. The van der Waals surface area contributed by atoms with Crippen LogP contribution in [-0.2, 0) is 0 Å². The minimum Gasteiger partial charge on any atom is -0.456 e. The second-order valence-electron chi connectivity index (χ2n) is 9.27. The first-order valence-corrected chi connectivity index (χ1v) is 13.3. The molecule has 7 aromatic rings. The summed E-state index contributed by atoms with van der Waals surface area (Å²) in [7, 11) is 0. The molecule has 5 aromatic carbocycles. The van der Waals surface area contributed by atoms with E-state index in [1.165, 1.54) is 57.5 Å². The van der Waals surface area contributed by atoms with Gasteiger partial charge in [-0.15, -0.1) is 0 Å². The molecule has 5 heteroatoms. The summed E-state index contributed by atoms with van der Waals surface area (Å²) in [6, 6.07) is 32.7. The third-order valence-electron chi connectivity index (χ3n) is 7.39. The second kappa shape index (κ2) is 6.57. The van der Waals surface area contributed by atoms with E-state index in [9.17, 15) is 0 Å². The van der Waals surface area contributed by atoms with E-state index < -0.39 is 0 Å². The maximum Gasteiger partial charge on any atom is 0.247 e. The standard InChI is InChI=1S/C30H15BO2S2/c1-3-8-22-16(6-1)18-12-20-28(14-24(18)32-22)34-26-10-5-11-27-30(26)31(20)21-13-19-17-7-2-4-9-23(17)33-25(19)15-29(21)35-27/h1-15H. The van der Waals surface area contributed by atoms with E-state index >= 15 is 0 Å². The molecule has 9 rings (SSSR count). The predicted molar refractivity (Wildman–Crippen MR) is 147 cm³/mol. The number of hydrogen-bond donors (Lipinski definition) is 0. The van der Waals surface area contributed by atoms with Gasteiger partial charge in [0.15, 0.2) is 0 Å². The van der Waals surface area contributed by atoms with Gasteiger partial charge in [-0.3, -0.25) is 0 Å². The van der Waals surface area contributed by atoms with Crippen LogP contribution < -0.4 is 16.4 Å². The van der Waals surface area contributed by atoms with Gasteiger partial charge in [0.25, 0.3) is 0 Å². The molecule has 0 unspecified atom stereocenters. The summed E-state index contributed by atoms with van der Waals surface area (Å²) < 4.78 is 12.5. The molecule has 0 aliphatic carbocycles. The van der Waals surface area contributed by atoms with Gasteiger partial charge in [0.1, 0.15) is 22.3 Å². The van der Waals surface area contributed by atoms with Gasteiger partial charge in [0.2, 0.25) is 6.71 Å². The maximum absolute atomic E-state index is 6.25. The lowest BCUT2D eigenvalue weighted by Crippen LogP contribution is -2.58. The number of fused-ring (bicyclic) bond motifs is 10. The van der Waals surface area contributed by atoms with Gasteiger partial charge in [-0.05, 0) is 41.9 Å². The van der Waals surface area contributed by atoms with Crippen LogP contribution in [-0.4, -0.2) is 6.71 Å². The first-order chi connectivity index (χ1) is 17.3. The van der Waals surface area contributed by atoms with E-state index in [-0.39, 0.29) is 6.71 Å². The molecular weight excluding hydrogens is 467 g/mol. The second-order valence-corrected chi connectivity index (χ2v) is 11.4. The first-order valence-electron chi connectivity index (χ1n) is 11.7. The largest absolute Gasteiger partial charge is 0.456 e. The molecule has 0 N–H and O–H groups in total. The average molecular weight is 482 g/mol. The molecule has 4 heterocycles. The molecule has 0 saturated heterocycles. The predicted octanol–water partition coefficient (Wildman–Crippen LogP) is 6.93. The van der Waals surface area contributed by atoms with Gasteiger partial charge in [0, 0.05) is 41.1 Å². The maximum atomic E-state index is 6.25. The molecule has 0 amide bonds. The van der Waals surface area contributed by atoms with E-state index in [2.05, 4.69) is 78.9 Å². The quantitative estimate of drug-likeness (QED) is 0.219. The SMILES string of the molecule is c1cc2c3c(c1)Sc1cc4oc5ccccc5c4cc1B3c1cc3c(cc1S2)oc1ccccc13. The molecule has 2 aliphatic heterocycles. The van der Waals surface area contributed by atoms with Gasteiger partial charge >= 0.3 is 0 Å². The molecule has 2 aliphatic rings. The van der Waals surface area contributed by atoms with Crippen LogP contribution in [0.4, 0.5) is 0 Å². The highest BCUT2D eigenvalue weighted by Crippen LogP contribution is 2.42. The molecule has 0 atom stereocenters. The van der Waals surface area contributed by atoms with Crippen molar-refractivity contribution in [3.05, 3.63) is 91.0 Å². The Labute approximate surface area is 209 Å². The van der Waals surface area contributed by atoms with Gasteiger partial charge in [0.05, 0.1) is 0 Å². The van der Waals surface area contributed by atoms with E-state index in [1.54, 1.807) is 0 Å². The van der Waals surface area contributed by atoms with Crippen molar-refractivity contribution in [3.8, 4) is 0 Å². The van der Waals surface area contributed by atoms with Gasteiger partial charge in [-0.2, -0.15) is 0 Å². The van der Waals surface area contributed by atoms with Crippen LogP contribution in [0.25, 0.3) is 43.9 Å². The molecule has 35 heavy (non-hydrogen) atoms. The smallest absolute Gasteiger partial charge is 0.247 e. The molecule has 0 saturated carbocycles. The molecule has 0 spiro atoms. The lowest BCUT2D eigenvalue weighted by Gasteiger charge is -2.32. The van der Waals surface area contributed by atoms with E-state index in [0.717, 1.165) is 22.3 Å². The number of hydrogen-bond acceptors (Lipinski definition) is 4. The van der Waals surface area contributed by atoms with Gasteiger partial charge in [-0.25, -0.2) is 0 Å². The summed E-state index contributed by atoms with van der Waals surface area (Å²) in [6.45, 7) is 0.185. The third kappa shape index (κ3) is 2.45. The molecule has 0 bridgehead atoms. The highest BCUT2D eigenvalue weighted by atomic mass is 32.2.